The molecule has 0 saturated carbocycles. The zero-order valence-electron chi connectivity index (χ0n) is 33.2. The highest BCUT2D eigenvalue weighted by Gasteiger charge is 2.25. The smallest absolute Gasteiger partial charge is 0.146 e. The van der Waals surface area contributed by atoms with Crippen LogP contribution in [0.4, 0.5) is 0 Å². The maximum absolute atomic E-state index is 6.89. The molecule has 0 atom stereocenters. The van der Waals surface area contributed by atoms with Crippen LogP contribution in [0, 0.1) is 5.41 Å². The summed E-state index contributed by atoms with van der Waals surface area (Å²) in [6, 6.07) is 47.0. The number of nitrogens with one attached hydrogen (secondary N) is 1. The highest BCUT2D eigenvalue weighted by Crippen LogP contribution is 2.43. The minimum absolute atomic E-state index is 0.688. The maximum atomic E-state index is 6.89. The Hall–Kier alpha value is -7.16. The van der Waals surface area contributed by atoms with Crippen LogP contribution in [0.15, 0.2) is 171 Å². The fraction of sp³-hybridized carbons (Fsp3) is 0.0784. The van der Waals surface area contributed by atoms with E-state index in [9.17, 15) is 0 Å². The molecule has 4 aromatic carbocycles. The third kappa shape index (κ3) is 6.98. The minimum atomic E-state index is 0.688. The molecule has 0 aliphatic heterocycles. The molecule has 288 valence electrons. The monoisotopic (exact) mass is 785 g/mol. The second-order valence-corrected chi connectivity index (χ2v) is 13.6. The summed E-state index contributed by atoms with van der Waals surface area (Å²) in [5, 5.41) is 11.5. The summed E-state index contributed by atoms with van der Waals surface area (Å²) >= 11 is 3.53. The van der Waals surface area contributed by atoms with E-state index in [1.807, 2.05) is 62.8 Å². The molecule has 6 aromatic heterocycles. The van der Waals surface area contributed by atoms with Crippen LogP contribution in [-0.4, -0.2) is 41.5 Å². The molecule has 0 spiro atoms. The summed E-state index contributed by atoms with van der Waals surface area (Å²) < 4.78 is 4.49. The number of benzene rings is 4. The van der Waals surface area contributed by atoms with Crippen molar-refractivity contribution in [2.24, 2.45) is 0 Å². The average molecular weight is 786 g/mol. The van der Waals surface area contributed by atoms with Crippen molar-refractivity contribution < 1.29 is 0 Å². The molecule has 8 heteroatoms. The lowest BCUT2D eigenvalue weighted by Crippen LogP contribution is -2.01. The predicted molar refractivity (Wildman–Crippen MR) is 250 cm³/mol. The van der Waals surface area contributed by atoms with Gasteiger partial charge in [-0.25, -0.2) is 15.0 Å². The lowest BCUT2D eigenvalue weighted by Gasteiger charge is -2.12. The third-order valence-electron chi connectivity index (χ3n) is 10.5. The van der Waals surface area contributed by atoms with E-state index < -0.39 is 0 Å². The summed E-state index contributed by atoms with van der Waals surface area (Å²) in [6.45, 7) is 7.66. The summed E-state index contributed by atoms with van der Waals surface area (Å²) in [7, 11) is 0. The Kier molecular flexibility index (Phi) is 11.2. The molecular weight excluding hydrogens is 743 g/mol. The standard InChI is InChI=1S/C40H25N5.C8H8N2.C2H6.CH4S/c1-2-8-28(9-3-1)44-37-18-17-26(23-35(37)32-13-7-19-41-38(32)44)25-15-16-27-24-34-29(33(27)22-25)10-4-14-36(34)45-39-30(11-5-20-42-39)31-12-6-21-43-40(31)45;1-7(5-9)8-3-2-4-10-6-8;2*1-2/h1-23H,24H2;2-6,9H,1H2;1-2H3;2H,1H3. The Morgan fingerprint density at radius 2 is 1.22 bits per heavy atom. The van der Waals surface area contributed by atoms with Crippen molar-refractivity contribution in [3.63, 3.8) is 0 Å². The van der Waals surface area contributed by atoms with E-state index in [1.165, 1.54) is 45.0 Å². The van der Waals surface area contributed by atoms with Gasteiger partial charge in [0.15, 0.2) is 0 Å². The number of para-hydroxylation sites is 1. The zero-order valence-corrected chi connectivity index (χ0v) is 34.1. The molecule has 0 saturated heterocycles. The highest BCUT2D eigenvalue weighted by molar-refractivity contribution is 7.79. The van der Waals surface area contributed by atoms with Crippen LogP contribution in [0.1, 0.15) is 30.5 Å². The van der Waals surface area contributed by atoms with Crippen molar-refractivity contribution in [1.82, 2.24) is 29.1 Å². The molecule has 0 unspecified atom stereocenters. The van der Waals surface area contributed by atoms with Crippen LogP contribution in [0.2, 0.25) is 0 Å². The van der Waals surface area contributed by atoms with Crippen molar-refractivity contribution in [2.75, 3.05) is 6.26 Å². The number of nitrogens with zero attached hydrogens (tertiary/aromatic N) is 6. The molecule has 1 aliphatic carbocycles. The molecule has 6 heterocycles. The van der Waals surface area contributed by atoms with Crippen molar-refractivity contribution in [2.45, 2.75) is 20.3 Å². The predicted octanol–water partition coefficient (Wildman–Crippen LogP) is 12.6. The lowest BCUT2D eigenvalue weighted by molar-refractivity contribution is 1.07. The summed E-state index contributed by atoms with van der Waals surface area (Å²) in [4.78, 5) is 18.3. The first-order valence-electron chi connectivity index (χ1n) is 19.6. The van der Waals surface area contributed by atoms with Crippen LogP contribution < -0.4 is 0 Å². The van der Waals surface area contributed by atoms with Crippen LogP contribution in [0.25, 0.3) is 83.2 Å². The van der Waals surface area contributed by atoms with Crippen molar-refractivity contribution in [3.05, 3.63) is 188 Å². The van der Waals surface area contributed by atoms with Gasteiger partial charge in [-0.2, -0.15) is 12.6 Å². The van der Waals surface area contributed by atoms with Gasteiger partial charge in [0.2, 0.25) is 0 Å². The van der Waals surface area contributed by atoms with Gasteiger partial charge >= 0.3 is 0 Å². The normalized spacial score (nSPS) is 11.1. The van der Waals surface area contributed by atoms with E-state index in [0.29, 0.717) is 5.57 Å². The van der Waals surface area contributed by atoms with Gasteiger partial charge in [-0.05, 0) is 124 Å². The molecule has 11 rings (SSSR count). The van der Waals surface area contributed by atoms with Gasteiger partial charge in [-0.1, -0.05) is 75.0 Å². The van der Waals surface area contributed by atoms with Crippen molar-refractivity contribution in [3.8, 4) is 33.6 Å². The van der Waals surface area contributed by atoms with E-state index in [0.717, 1.165) is 62.0 Å². The first-order valence-corrected chi connectivity index (χ1v) is 20.5. The second-order valence-electron chi connectivity index (χ2n) is 13.6. The maximum Gasteiger partial charge on any atom is 0.146 e. The first kappa shape index (κ1) is 38.7. The Bertz CT molecular complexity index is 3060. The fourth-order valence-corrected chi connectivity index (χ4v) is 7.97. The van der Waals surface area contributed by atoms with E-state index in [-0.39, 0.29) is 0 Å². The van der Waals surface area contributed by atoms with Gasteiger partial charge in [0.05, 0.1) is 11.2 Å². The second kappa shape index (κ2) is 17.1. The van der Waals surface area contributed by atoms with Crippen LogP contribution in [0.5, 0.6) is 0 Å². The average Bonchev–Trinajstić information content (AvgIpc) is 3.98. The summed E-state index contributed by atoms with van der Waals surface area (Å²) in [5.74, 6) is 0. The summed E-state index contributed by atoms with van der Waals surface area (Å²) in [6.07, 6.45) is 12.8. The van der Waals surface area contributed by atoms with Gasteiger partial charge in [-0.3, -0.25) is 14.1 Å². The molecule has 7 nitrogen and oxygen atoms in total. The Labute approximate surface area is 349 Å². The zero-order chi connectivity index (χ0) is 40.9. The van der Waals surface area contributed by atoms with E-state index >= 15 is 0 Å². The topological polar surface area (TPSA) is 85.3 Å². The first-order chi connectivity index (χ1) is 29.2. The van der Waals surface area contributed by atoms with Gasteiger partial charge in [0.25, 0.3) is 0 Å². The van der Waals surface area contributed by atoms with Crippen molar-refractivity contribution in [1.29, 1.82) is 5.41 Å². The Balaban J connectivity index is 0.000000300. The van der Waals surface area contributed by atoms with Gasteiger partial charge in [0.1, 0.15) is 16.9 Å². The molecule has 0 bridgehead atoms. The van der Waals surface area contributed by atoms with Crippen molar-refractivity contribution >= 4 is 68.4 Å². The van der Waals surface area contributed by atoms with E-state index in [1.54, 1.807) is 18.6 Å². The largest absolute Gasteiger partial charge is 0.308 e. The number of rotatable bonds is 5. The molecule has 59 heavy (non-hydrogen) atoms. The Morgan fingerprint density at radius 1 is 0.610 bits per heavy atom. The van der Waals surface area contributed by atoms with Crippen LogP contribution >= 0.6 is 12.6 Å². The lowest BCUT2D eigenvalue weighted by atomic mass is 9.97. The number of hydrogen-bond donors (Lipinski definition) is 2. The quantitative estimate of drug-likeness (QED) is 0.134. The number of allylic oxidation sites excluding steroid dienone is 1. The van der Waals surface area contributed by atoms with Gasteiger partial charge < -0.3 is 5.41 Å². The molecular formula is C51H43N7S. The van der Waals surface area contributed by atoms with Gasteiger partial charge in [0, 0.05) is 76.4 Å². The summed E-state index contributed by atoms with van der Waals surface area (Å²) in [5.41, 5.74) is 15.5. The number of thiol groups is 1. The molecule has 1 N–H and O–H groups in total. The fourth-order valence-electron chi connectivity index (χ4n) is 7.97. The highest BCUT2D eigenvalue weighted by atomic mass is 32.1. The molecule has 1 aliphatic rings. The third-order valence-corrected chi connectivity index (χ3v) is 10.5. The number of fused-ring (bicyclic) bond motifs is 9. The minimum Gasteiger partial charge on any atom is -0.308 e. The molecule has 0 amide bonds. The number of aromatic nitrogens is 6. The number of hydrogen-bond acceptors (Lipinski definition) is 6. The molecule has 0 radical (unpaired) electrons. The van der Waals surface area contributed by atoms with E-state index in [4.69, 9.17) is 20.4 Å². The van der Waals surface area contributed by atoms with Gasteiger partial charge in [-0.15, -0.1) is 0 Å². The van der Waals surface area contributed by atoms with Crippen LogP contribution in [0.3, 0.4) is 0 Å². The molecule has 0 fully saturated rings. The Morgan fingerprint density at radius 3 is 1.86 bits per heavy atom. The molecule has 10 aromatic rings. The SMILES string of the molecule is C=C(C=N)c1cccnc1.CC.CS.c1ccc(-n2c3ccc(-c4ccc5c(c4)-c4cccc(-n6c7ncccc7c7cccnc76)c4C5)cc3c3cccnc32)cc1. The number of pyridine rings is 4. The van der Waals surface area contributed by atoms with Crippen LogP contribution in [-0.2, 0) is 6.42 Å². The van der Waals surface area contributed by atoms with E-state index in [2.05, 4.69) is 136 Å².